The van der Waals surface area contributed by atoms with Crippen molar-refractivity contribution in [2.45, 2.75) is 26.2 Å². The van der Waals surface area contributed by atoms with Gasteiger partial charge in [-0.3, -0.25) is 4.79 Å². The predicted molar refractivity (Wildman–Crippen MR) is 62.4 cm³/mol. The number of phenols is 1. The third-order valence-corrected chi connectivity index (χ3v) is 2.19. The van der Waals surface area contributed by atoms with Crippen LogP contribution in [-0.2, 0) is 0 Å². The van der Waals surface area contributed by atoms with E-state index in [0.29, 0.717) is 18.5 Å². The van der Waals surface area contributed by atoms with Gasteiger partial charge in [0, 0.05) is 0 Å². The largest absolute Gasteiger partial charge is 0.507 e. The number of aldehydes is 1. The second-order valence-electron chi connectivity index (χ2n) is 3.53. The molecular weight excluding hydrogens is 204 g/mol. The number of aromatic hydroxyl groups is 1. The summed E-state index contributed by atoms with van der Waals surface area (Å²) in [7, 11) is 0. The number of unbranched alkanes of at least 4 members (excludes halogenated alkanes) is 2. The zero-order valence-electron chi connectivity index (χ0n) is 9.39. The molecule has 0 aliphatic rings. The highest BCUT2D eigenvalue weighted by Crippen LogP contribution is 2.21. The van der Waals surface area contributed by atoms with E-state index in [1.54, 1.807) is 6.07 Å². The fourth-order valence-electron chi connectivity index (χ4n) is 1.26. The van der Waals surface area contributed by atoms with Gasteiger partial charge in [-0.2, -0.15) is 10.2 Å². The highest BCUT2D eigenvalue weighted by molar-refractivity contribution is 5.80. The number of hydrogen-bond donors (Lipinski definition) is 1. The van der Waals surface area contributed by atoms with Crippen LogP contribution in [0.2, 0.25) is 0 Å². The first kappa shape index (κ1) is 12.4. The molecule has 1 rings (SSSR count). The maximum Gasteiger partial charge on any atom is 0.153 e. The summed E-state index contributed by atoms with van der Waals surface area (Å²) >= 11 is 0. The van der Waals surface area contributed by atoms with Crippen LogP contribution in [0.1, 0.15) is 36.5 Å². The van der Waals surface area contributed by atoms with Crippen LogP contribution in [0.4, 0.5) is 5.69 Å². The summed E-state index contributed by atoms with van der Waals surface area (Å²) in [5.74, 6) is -0.0278. The van der Waals surface area contributed by atoms with E-state index >= 15 is 0 Å². The number of carbonyl (C=O) groups excluding carboxylic acids is 1. The van der Waals surface area contributed by atoms with Gasteiger partial charge in [-0.05, 0) is 24.6 Å². The summed E-state index contributed by atoms with van der Waals surface area (Å²) in [6.45, 7) is 2.83. The average molecular weight is 220 g/mol. The van der Waals surface area contributed by atoms with Gasteiger partial charge >= 0.3 is 0 Å². The molecule has 4 heteroatoms. The van der Waals surface area contributed by atoms with Crippen molar-refractivity contribution in [1.82, 2.24) is 0 Å². The average Bonchev–Trinajstić information content (AvgIpc) is 2.31. The molecule has 1 N–H and O–H groups in total. The second kappa shape index (κ2) is 6.71. The SMILES string of the molecule is CCCCCN=Nc1ccc(O)c(C=O)c1. The molecule has 0 fully saturated rings. The number of phenolic OH excluding ortho intramolecular Hbond substituents is 1. The van der Waals surface area contributed by atoms with E-state index in [1.807, 2.05) is 0 Å². The van der Waals surface area contributed by atoms with Crippen molar-refractivity contribution >= 4 is 12.0 Å². The fourth-order valence-corrected chi connectivity index (χ4v) is 1.26. The van der Waals surface area contributed by atoms with Gasteiger partial charge in [-0.1, -0.05) is 19.8 Å². The summed E-state index contributed by atoms with van der Waals surface area (Å²) in [6.07, 6.45) is 3.93. The Morgan fingerprint density at radius 3 is 2.88 bits per heavy atom. The zero-order chi connectivity index (χ0) is 11.8. The van der Waals surface area contributed by atoms with Gasteiger partial charge < -0.3 is 5.11 Å². The van der Waals surface area contributed by atoms with Gasteiger partial charge in [0.1, 0.15) is 5.75 Å². The monoisotopic (exact) mass is 220 g/mol. The minimum atomic E-state index is -0.0278. The van der Waals surface area contributed by atoms with E-state index in [1.165, 1.54) is 12.1 Å². The topological polar surface area (TPSA) is 62.0 Å². The lowest BCUT2D eigenvalue weighted by atomic mass is 10.2. The van der Waals surface area contributed by atoms with Crippen LogP contribution in [0.5, 0.6) is 5.75 Å². The van der Waals surface area contributed by atoms with E-state index < -0.39 is 0 Å². The van der Waals surface area contributed by atoms with Crippen LogP contribution in [0.15, 0.2) is 28.4 Å². The van der Waals surface area contributed by atoms with Gasteiger partial charge in [0.15, 0.2) is 6.29 Å². The summed E-state index contributed by atoms with van der Waals surface area (Å²) in [5, 5.41) is 17.3. The Labute approximate surface area is 95.0 Å². The highest BCUT2D eigenvalue weighted by Gasteiger charge is 2.00. The Bertz CT molecular complexity index is 375. The molecule has 1 aromatic rings. The van der Waals surface area contributed by atoms with Crippen molar-refractivity contribution in [3.63, 3.8) is 0 Å². The molecule has 86 valence electrons. The molecule has 0 radical (unpaired) electrons. The van der Waals surface area contributed by atoms with E-state index in [9.17, 15) is 9.90 Å². The van der Waals surface area contributed by atoms with Crippen LogP contribution in [0.25, 0.3) is 0 Å². The smallest absolute Gasteiger partial charge is 0.153 e. The minimum absolute atomic E-state index is 0.0278. The van der Waals surface area contributed by atoms with Crippen LogP contribution in [-0.4, -0.2) is 17.9 Å². The molecule has 0 amide bonds. The van der Waals surface area contributed by atoms with Crippen LogP contribution in [0, 0.1) is 0 Å². The molecule has 0 heterocycles. The van der Waals surface area contributed by atoms with Gasteiger partial charge in [0.2, 0.25) is 0 Å². The normalized spacial score (nSPS) is 10.8. The predicted octanol–water partition coefficient (Wildman–Crippen LogP) is 3.48. The van der Waals surface area contributed by atoms with Crippen molar-refractivity contribution < 1.29 is 9.90 Å². The van der Waals surface area contributed by atoms with Gasteiger partial charge in [-0.15, -0.1) is 0 Å². The zero-order valence-corrected chi connectivity index (χ0v) is 9.39. The lowest BCUT2D eigenvalue weighted by molar-refractivity contribution is 0.112. The van der Waals surface area contributed by atoms with Gasteiger partial charge in [0.05, 0.1) is 17.8 Å². The molecule has 0 aliphatic carbocycles. The highest BCUT2D eigenvalue weighted by atomic mass is 16.3. The molecule has 1 aromatic carbocycles. The molecule has 0 spiro atoms. The standard InChI is InChI=1S/C12H16N2O2/c1-2-3-4-7-13-14-11-5-6-12(16)10(8-11)9-15/h5-6,8-9,16H,2-4,7H2,1H3. The van der Waals surface area contributed by atoms with E-state index in [2.05, 4.69) is 17.2 Å². The molecule has 16 heavy (non-hydrogen) atoms. The van der Waals surface area contributed by atoms with E-state index in [4.69, 9.17) is 0 Å². The molecular formula is C12H16N2O2. The minimum Gasteiger partial charge on any atom is -0.507 e. The van der Waals surface area contributed by atoms with Gasteiger partial charge in [-0.25, -0.2) is 0 Å². The number of nitrogens with zero attached hydrogens (tertiary/aromatic N) is 2. The molecule has 0 saturated carbocycles. The van der Waals surface area contributed by atoms with Crippen molar-refractivity contribution in [2.75, 3.05) is 6.54 Å². The first-order valence-corrected chi connectivity index (χ1v) is 5.43. The molecule has 0 aromatic heterocycles. The van der Waals surface area contributed by atoms with Gasteiger partial charge in [0.25, 0.3) is 0 Å². The Kier molecular flexibility index (Phi) is 5.19. The Morgan fingerprint density at radius 2 is 2.19 bits per heavy atom. The Morgan fingerprint density at radius 1 is 1.38 bits per heavy atom. The molecule has 4 nitrogen and oxygen atoms in total. The van der Waals surface area contributed by atoms with Crippen molar-refractivity contribution in [1.29, 1.82) is 0 Å². The number of carbonyl (C=O) groups is 1. The first-order valence-electron chi connectivity index (χ1n) is 5.43. The summed E-state index contributed by atoms with van der Waals surface area (Å²) in [5.41, 5.74) is 0.835. The summed E-state index contributed by atoms with van der Waals surface area (Å²) in [6, 6.07) is 4.60. The van der Waals surface area contributed by atoms with E-state index in [0.717, 1.165) is 19.3 Å². The maximum atomic E-state index is 10.6. The molecule has 0 bridgehead atoms. The molecule has 0 saturated heterocycles. The third kappa shape index (κ3) is 3.81. The number of hydrogen-bond acceptors (Lipinski definition) is 4. The lowest BCUT2D eigenvalue weighted by Crippen LogP contribution is -1.81. The number of benzene rings is 1. The molecule has 0 unspecified atom stereocenters. The lowest BCUT2D eigenvalue weighted by Gasteiger charge is -1.97. The van der Waals surface area contributed by atoms with Crippen molar-refractivity contribution in [2.24, 2.45) is 10.2 Å². The maximum absolute atomic E-state index is 10.6. The van der Waals surface area contributed by atoms with E-state index in [-0.39, 0.29) is 11.3 Å². The Balaban J connectivity index is 2.56. The first-order chi connectivity index (χ1) is 7.77. The fraction of sp³-hybridized carbons (Fsp3) is 0.417. The summed E-state index contributed by atoms with van der Waals surface area (Å²) < 4.78 is 0. The van der Waals surface area contributed by atoms with Crippen LogP contribution in [0.3, 0.4) is 0 Å². The van der Waals surface area contributed by atoms with Crippen LogP contribution >= 0.6 is 0 Å². The van der Waals surface area contributed by atoms with Crippen LogP contribution < -0.4 is 0 Å². The Hall–Kier alpha value is -1.71. The molecule has 0 aliphatic heterocycles. The summed E-state index contributed by atoms with van der Waals surface area (Å²) in [4.78, 5) is 10.6. The third-order valence-electron chi connectivity index (χ3n) is 2.19. The quantitative estimate of drug-likeness (QED) is 0.453. The van der Waals surface area contributed by atoms with Crippen molar-refractivity contribution in [3.8, 4) is 5.75 Å². The molecule has 0 atom stereocenters. The van der Waals surface area contributed by atoms with Crippen molar-refractivity contribution in [3.05, 3.63) is 23.8 Å². The second-order valence-corrected chi connectivity index (χ2v) is 3.53. The number of rotatable bonds is 6. The number of azo groups is 1.